The lowest BCUT2D eigenvalue weighted by molar-refractivity contribution is 1.18. The molecule has 0 unspecified atom stereocenters. The van der Waals surface area contributed by atoms with Crippen LogP contribution < -0.4 is 0 Å². The van der Waals surface area contributed by atoms with Crippen LogP contribution >= 0.6 is 0 Å². The number of pyridine rings is 1. The molecule has 11 aromatic rings. The second-order valence-corrected chi connectivity index (χ2v) is 14.0. The van der Waals surface area contributed by atoms with E-state index in [2.05, 4.69) is 199 Å². The van der Waals surface area contributed by atoms with Crippen LogP contribution in [-0.4, -0.2) is 9.55 Å². The number of benzene rings is 9. The third-order valence-electron chi connectivity index (χ3n) is 10.9. The van der Waals surface area contributed by atoms with Crippen LogP contribution in [-0.2, 0) is 0 Å². The molecule has 0 bridgehead atoms. The highest BCUT2D eigenvalue weighted by molar-refractivity contribution is 6.28. The van der Waals surface area contributed by atoms with Crippen LogP contribution in [0.2, 0.25) is 0 Å². The first kappa shape index (κ1) is 29.7. The molecule has 0 spiro atoms. The minimum Gasteiger partial charge on any atom is -0.309 e. The van der Waals surface area contributed by atoms with Crippen molar-refractivity contribution in [3.8, 4) is 39.3 Å². The van der Waals surface area contributed by atoms with Gasteiger partial charge >= 0.3 is 0 Å². The second kappa shape index (κ2) is 11.8. The van der Waals surface area contributed by atoms with Crippen LogP contribution in [0.4, 0.5) is 0 Å². The van der Waals surface area contributed by atoms with Crippen molar-refractivity contribution in [3.63, 3.8) is 0 Å². The van der Waals surface area contributed by atoms with Crippen molar-refractivity contribution in [2.45, 2.75) is 0 Å². The zero-order valence-electron chi connectivity index (χ0n) is 28.9. The summed E-state index contributed by atoms with van der Waals surface area (Å²) in [5, 5.41) is 12.5. The highest BCUT2D eigenvalue weighted by Crippen LogP contribution is 2.41. The van der Waals surface area contributed by atoms with Gasteiger partial charge in [0.2, 0.25) is 0 Å². The molecule has 2 nitrogen and oxygen atoms in total. The van der Waals surface area contributed by atoms with Gasteiger partial charge in [0.1, 0.15) is 0 Å². The minimum absolute atomic E-state index is 0.955. The summed E-state index contributed by atoms with van der Waals surface area (Å²) >= 11 is 0. The van der Waals surface area contributed by atoms with Gasteiger partial charge in [-0.05, 0) is 103 Å². The lowest BCUT2D eigenvalue weighted by Crippen LogP contribution is -1.95. The zero-order valence-corrected chi connectivity index (χ0v) is 28.9. The molecule has 2 aromatic heterocycles. The SMILES string of the molecule is c1cc(-c2cc(-c3ccc4ccccc4c3)nc(-c3ccc4ccccc4c3)c2)cc(-n2c3ccc4ccccc4c3c3c4ccccc4ccc32)c1. The molecule has 53 heavy (non-hydrogen) atoms. The van der Waals surface area contributed by atoms with E-state index >= 15 is 0 Å². The summed E-state index contributed by atoms with van der Waals surface area (Å²) in [5.41, 5.74) is 9.93. The van der Waals surface area contributed by atoms with Crippen LogP contribution in [0.15, 0.2) is 194 Å². The fourth-order valence-electron chi connectivity index (χ4n) is 8.34. The third kappa shape index (κ3) is 4.84. The van der Waals surface area contributed by atoms with E-state index in [1.54, 1.807) is 0 Å². The molecule has 0 atom stereocenters. The third-order valence-corrected chi connectivity index (χ3v) is 10.9. The van der Waals surface area contributed by atoms with Crippen molar-refractivity contribution in [1.29, 1.82) is 0 Å². The fourth-order valence-corrected chi connectivity index (χ4v) is 8.34. The van der Waals surface area contributed by atoms with Crippen LogP contribution in [0.1, 0.15) is 0 Å². The predicted octanol–water partition coefficient (Wildman–Crippen LogP) is 13.8. The topological polar surface area (TPSA) is 17.8 Å². The Hall–Kier alpha value is -7.03. The highest BCUT2D eigenvalue weighted by atomic mass is 15.0. The average molecular weight is 673 g/mol. The molecule has 0 aliphatic carbocycles. The maximum absolute atomic E-state index is 5.32. The first-order chi connectivity index (χ1) is 26.2. The van der Waals surface area contributed by atoms with Crippen molar-refractivity contribution in [2.24, 2.45) is 0 Å². The van der Waals surface area contributed by atoms with Gasteiger partial charge in [-0.15, -0.1) is 0 Å². The molecule has 9 aromatic carbocycles. The van der Waals surface area contributed by atoms with Gasteiger partial charge in [0.25, 0.3) is 0 Å². The smallest absolute Gasteiger partial charge is 0.0715 e. The van der Waals surface area contributed by atoms with E-state index < -0.39 is 0 Å². The molecule has 0 saturated heterocycles. The Morgan fingerprint density at radius 2 is 0.774 bits per heavy atom. The Morgan fingerprint density at radius 1 is 0.302 bits per heavy atom. The van der Waals surface area contributed by atoms with Crippen molar-refractivity contribution >= 4 is 64.9 Å². The highest BCUT2D eigenvalue weighted by Gasteiger charge is 2.18. The van der Waals surface area contributed by atoms with Gasteiger partial charge < -0.3 is 4.57 Å². The monoisotopic (exact) mass is 672 g/mol. The van der Waals surface area contributed by atoms with Gasteiger partial charge in [0.05, 0.1) is 22.4 Å². The van der Waals surface area contributed by atoms with Crippen LogP contribution in [0.25, 0.3) is 104 Å². The lowest BCUT2D eigenvalue weighted by atomic mass is 9.97. The minimum atomic E-state index is 0.955. The van der Waals surface area contributed by atoms with Gasteiger partial charge in [0, 0.05) is 27.6 Å². The molecule has 0 radical (unpaired) electrons. The summed E-state index contributed by atoms with van der Waals surface area (Å²) in [6, 6.07) is 70.5. The molecule has 2 heterocycles. The van der Waals surface area contributed by atoms with Gasteiger partial charge in [-0.2, -0.15) is 0 Å². The summed E-state index contributed by atoms with van der Waals surface area (Å²) < 4.78 is 2.45. The molecule has 11 rings (SSSR count). The molecule has 0 aliphatic rings. The summed E-state index contributed by atoms with van der Waals surface area (Å²) in [7, 11) is 0. The van der Waals surface area contributed by atoms with Crippen molar-refractivity contribution < 1.29 is 0 Å². The van der Waals surface area contributed by atoms with Gasteiger partial charge in [-0.25, -0.2) is 4.98 Å². The Balaban J connectivity index is 1.15. The summed E-state index contributed by atoms with van der Waals surface area (Å²) in [5.74, 6) is 0. The normalized spacial score (nSPS) is 11.8. The number of nitrogens with zero attached hydrogens (tertiary/aromatic N) is 2. The van der Waals surface area contributed by atoms with Crippen molar-refractivity contribution in [1.82, 2.24) is 9.55 Å². The van der Waals surface area contributed by atoms with E-state index in [-0.39, 0.29) is 0 Å². The number of hydrogen-bond donors (Lipinski definition) is 0. The van der Waals surface area contributed by atoms with Gasteiger partial charge in [-0.1, -0.05) is 146 Å². The maximum atomic E-state index is 5.32. The molecular weight excluding hydrogens is 641 g/mol. The molecule has 0 aliphatic heterocycles. The predicted molar refractivity (Wildman–Crippen MR) is 225 cm³/mol. The molecule has 0 N–H and O–H groups in total. The summed E-state index contributed by atoms with van der Waals surface area (Å²) in [4.78, 5) is 5.32. The molecule has 0 amide bonds. The summed E-state index contributed by atoms with van der Waals surface area (Å²) in [6.07, 6.45) is 0. The Bertz CT molecular complexity index is 3050. The Morgan fingerprint density at radius 3 is 1.32 bits per heavy atom. The fraction of sp³-hybridized carbons (Fsp3) is 0. The van der Waals surface area contributed by atoms with E-state index in [0.29, 0.717) is 0 Å². The standard InChI is InChI=1S/C51H32N2/c1-3-14-37-28-40(22-20-33(37)10-1)46-31-42(32-47(52-46)41-23-21-34-11-2-4-15-38(34)29-41)39-16-9-17-43(30-39)53-48-26-24-35-12-5-7-18-44(35)50(48)51-45-19-8-6-13-36(45)25-27-49(51)53/h1-32H. The zero-order chi connectivity index (χ0) is 34.9. The Kier molecular flexibility index (Phi) is 6.59. The van der Waals surface area contributed by atoms with E-state index in [9.17, 15) is 0 Å². The largest absolute Gasteiger partial charge is 0.309 e. The lowest BCUT2D eigenvalue weighted by Gasteiger charge is -2.14. The molecule has 0 saturated carbocycles. The number of aromatic nitrogens is 2. The molecule has 246 valence electrons. The van der Waals surface area contributed by atoms with Gasteiger partial charge in [0.15, 0.2) is 0 Å². The molecular formula is C51H32N2. The van der Waals surface area contributed by atoms with E-state index in [4.69, 9.17) is 4.98 Å². The van der Waals surface area contributed by atoms with Crippen LogP contribution in [0, 0.1) is 0 Å². The maximum Gasteiger partial charge on any atom is 0.0715 e. The van der Waals surface area contributed by atoms with Crippen molar-refractivity contribution in [2.75, 3.05) is 0 Å². The van der Waals surface area contributed by atoms with Crippen LogP contribution in [0.3, 0.4) is 0 Å². The average Bonchev–Trinajstić information content (AvgIpc) is 3.59. The van der Waals surface area contributed by atoms with E-state index in [0.717, 1.165) is 39.3 Å². The first-order valence-electron chi connectivity index (χ1n) is 18.2. The summed E-state index contributed by atoms with van der Waals surface area (Å²) in [6.45, 7) is 0. The molecule has 0 fully saturated rings. The first-order valence-corrected chi connectivity index (χ1v) is 18.2. The number of rotatable bonds is 4. The van der Waals surface area contributed by atoms with E-state index in [1.807, 2.05) is 0 Å². The van der Waals surface area contributed by atoms with Crippen LogP contribution in [0.5, 0.6) is 0 Å². The quantitative estimate of drug-likeness (QED) is 0.182. The Labute approximate surface area is 306 Å². The number of fused-ring (bicyclic) bond motifs is 9. The van der Waals surface area contributed by atoms with E-state index in [1.165, 1.54) is 64.9 Å². The number of hydrogen-bond acceptors (Lipinski definition) is 1. The van der Waals surface area contributed by atoms with Gasteiger partial charge in [-0.3, -0.25) is 0 Å². The second-order valence-electron chi connectivity index (χ2n) is 14.0. The van der Waals surface area contributed by atoms with Crippen molar-refractivity contribution in [3.05, 3.63) is 194 Å². The molecule has 2 heteroatoms.